The van der Waals surface area contributed by atoms with Crippen molar-refractivity contribution in [3.05, 3.63) is 23.4 Å². The molecule has 4 heteroatoms. The number of hydrogen-bond donors (Lipinski definition) is 2. The van der Waals surface area contributed by atoms with Crippen LogP contribution in [-0.4, -0.2) is 24.0 Å². The molecular weight excluding hydrogens is 262 g/mol. The van der Waals surface area contributed by atoms with E-state index in [1.807, 2.05) is 19.2 Å². The third-order valence-electron chi connectivity index (χ3n) is 4.96. The van der Waals surface area contributed by atoms with Gasteiger partial charge >= 0.3 is 0 Å². The first-order chi connectivity index (χ1) is 10.2. The molecule has 3 rings (SSSR count). The van der Waals surface area contributed by atoms with Crippen LogP contribution in [0.4, 0.5) is 5.82 Å². The van der Waals surface area contributed by atoms with Crippen LogP contribution in [0.25, 0.3) is 0 Å². The molecule has 1 heterocycles. The van der Waals surface area contributed by atoms with Crippen LogP contribution in [0.1, 0.15) is 55.1 Å². The van der Waals surface area contributed by atoms with E-state index in [1.54, 1.807) is 0 Å². The lowest BCUT2D eigenvalue weighted by atomic mass is 9.95. The Balaban J connectivity index is 1.72. The highest BCUT2D eigenvalue weighted by Gasteiger charge is 2.40. The number of carbonyl (C=O) groups excluding carboxylic acids is 1. The molecule has 2 fully saturated rings. The number of nitrogens with zero attached hydrogens (tertiary/aromatic N) is 1. The topological polar surface area (TPSA) is 54.0 Å². The van der Waals surface area contributed by atoms with Gasteiger partial charge in [-0.25, -0.2) is 4.98 Å². The lowest BCUT2D eigenvalue weighted by molar-refractivity contribution is 0.0922. The van der Waals surface area contributed by atoms with E-state index in [0.717, 1.165) is 35.8 Å². The minimum absolute atomic E-state index is 0.0591. The molecule has 1 amide bonds. The van der Waals surface area contributed by atoms with E-state index < -0.39 is 0 Å². The van der Waals surface area contributed by atoms with Crippen LogP contribution in [0.3, 0.4) is 0 Å². The molecule has 4 nitrogen and oxygen atoms in total. The van der Waals surface area contributed by atoms with Crippen LogP contribution in [-0.2, 0) is 6.42 Å². The van der Waals surface area contributed by atoms with Crippen LogP contribution >= 0.6 is 0 Å². The molecule has 114 valence electrons. The minimum Gasteiger partial charge on any atom is -0.373 e. The Hall–Kier alpha value is -1.58. The standard InChI is InChI=1S/C17H25N3O/c1-3-4-14-9-13(10-16(18-2)19-14)17(21)20-15-8-11-5-6-12(15)7-11/h9-12,15H,3-8H2,1-2H3,(H,18,19)(H,20,21). The second-order valence-corrected chi connectivity index (χ2v) is 6.49. The molecule has 2 bridgehead atoms. The van der Waals surface area contributed by atoms with Crippen molar-refractivity contribution in [1.29, 1.82) is 0 Å². The molecule has 0 aliphatic heterocycles. The average molecular weight is 287 g/mol. The van der Waals surface area contributed by atoms with Crippen molar-refractivity contribution in [3.63, 3.8) is 0 Å². The number of rotatable bonds is 5. The van der Waals surface area contributed by atoms with Crippen molar-refractivity contribution in [2.24, 2.45) is 11.8 Å². The van der Waals surface area contributed by atoms with Crippen LogP contribution in [0.2, 0.25) is 0 Å². The van der Waals surface area contributed by atoms with Crippen LogP contribution in [0.15, 0.2) is 12.1 Å². The van der Waals surface area contributed by atoms with Gasteiger partial charge in [-0.05, 0) is 49.7 Å². The zero-order chi connectivity index (χ0) is 14.8. The Kier molecular flexibility index (Phi) is 4.13. The quantitative estimate of drug-likeness (QED) is 0.875. The van der Waals surface area contributed by atoms with E-state index in [2.05, 4.69) is 22.5 Å². The van der Waals surface area contributed by atoms with Gasteiger partial charge in [0, 0.05) is 24.3 Å². The maximum atomic E-state index is 12.5. The summed E-state index contributed by atoms with van der Waals surface area (Å²) in [4.78, 5) is 17.0. The highest BCUT2D eigenvalue weighted by atomic mass is 16.1. The second-order valence-electron chi connectivity index (χ2n) is 6.49. The van der Waals surface area contributed by atoms with Crippen molar-refractivity contribution in [2.45, 2.75) is 51.5 Å². The van der Waals surface area contributed by atoms with Gasteiger partial charge in [0.2, 0.25) is 0 Å². The molecule has 0 radical (unpaired) electrons. The highest BCUT2D eigenvalue weighted by molar-refractivity contribution is 5.95. The first-order valence-electron chi connectivity index (χ1n) is 8.19. The van der Waals surface area contributed by atoms with Crippen molar-refractivity contribution in [3.8, 4) is 0 Å². The number of aryl methyl sites for hydroxylation is 1. The number of nitrogens with one attached hydrogen (secondary N) is 2. The average Bonchev–Trinajstić information content (AvgIpc) is 3.09. The molecule has 2 N–H and O–H groups in total. The molecular formula is C17H25N3O. The molecule has 0 aromatic carbocycles. The third-order valence-corrected chi connectivity index (χ3v) is 4.96. The summed E-state index contributed by atoms with van der Waals surface area (Å²) < 4.78 is 0. The second kappa shape index (κ2) is 6.04. The summed E-state index contributed by atoms with van der Waals surface area (Å²) in [6.07, 6.45) is 7.07. The Morgan fingerprint density at radius 3 is 2.81 bits per heavy atom. The van der Waals surface area contributed by atoms with Gasteiger partial charge in [-0.15, -0.1) is 0 Å². The summed E-state index contributed by atoms with van der Waals surface area (Å²) in [7, 11) is 1.84. The first kappa shape index (κ1) is 14.4. The highest BCUT2D eigenvalue weighted by Crippen LogP contribution is 2.44. The number of aromatic nitrogens is 1. The molecule has 0 saturated heterocycles. The van der Waals surface area contributed by atoms with Crippen LogP contribution in [0, 0.1) is 11.8 Å². The number of anilines is 1. The van der Waals surface area contributed by atoms with Crippen molar-refractivity contribution in [2.75, 3.05) is 12.4 Å². The zero-order valence-corrected chi connectivity index (χ0v) is 13.0. The number of amides is 1. The Morgan fingerprint density at radius 1 is 1.33 bits per heavy atom. The molecule has 3 atom stereocenters. The Labute approximate surface area is 126 Å². The van der Waals surface area contributed by atoms with Crippen molar-refractivity contribution < 1.29 is 4.79 Å². The molecule has 3 unspecified atom stereocenters. The molecule has 1 aromatic heterocycles. The molecule has 1 aromatic rings. The van der Waals surface area contributed by atoms with Crippen molar-refractivity contribution in [1.82, 2.24) is 10.3 Å². The molecule has 21 heavy (non-hydrogen) atoms. The fraction of sp³-hybridized carbons (Fsp3) is 0.647. The minimum atomic E-state index is 0.0591. The summed E-state index contributed by atoms with van der Waals surface area (Å²) in [6, 6.07) is 4.17. The SMILES string of the molecule is CCCc1cc(C(=O)NC2CC3CCC2C3)cc(NC)n1. The smallest absolute Gasteiger partial charge is 0.251 e. The fourth-order valence-corrected chi connectivity index (χ4v) is 3.90. The van der Waals surface area contributed by atoms with Gasteiger partial charge in [-0.1, -0.05) is 19.8 Å². The fourth-order valence-electron chi connectivity index (χ4n) is 3.90. The van der Waals surface area contributed by atoms with E-state index in [0.29, 0.717) is 12.0 Å². The number of hydrogen-bond acceptors (Lipinski definition) is 3. The third kappa shape index (κ3) is 3.04. The predicted molar refractivity (Wildman–Crippen MR) is 84.5 cm³/mol. The maximum Gasteiger partial charge on any atom is 0.251 e. The van der Waals surface area contributed by atoms with E-state index in [9.17, 15) is 4.79 Å². The number of carbonyl (C=O) groups is 1. The molecule has 2 saturated carbocycles. The molecule has 2 aliphatic rings. The normalized spacial score (nSPS) is 26.9. The van der Waals surface area contributed by atoms with Gasteiger partial charge in [0.1, 0.15) is 5.82 Å². The van der Waals surface area contributed by atoms with Gasteiger partial charge in [-0.3, -0.25) is 4.79 Å². The number of pyridine rings is 1. The lowest BCUT2D eigenvalue weighted by Crippen LogP contribution is -2.38. The van der Waals surface area contributed by atoms with Gasteiger partial charge in [0.25, 0.3) is 5.91 Å². The molecule has 0 spiro atoms. The summed E-state index contributed by atoms with van der Waals surface area (Å²) in [5, 5.41) is 6.30. The summed E-state index contributed by atoms with van der Waals surface area (Å²) >= 11 is 0. The van der Waals surface area contributed by atoms with Gasteiger partial charge in [-0.2, -0.15) is 0 Å². The monoisotopic (exact) mass is 287 g/mol. The number of fused-ring (bicyclic) bond motifs is 2. The van der Waals surface area contributed by atoms with E-state index >= 15 is 0 Å². The largest absolute Gasteiger partial charge is 0.373 e. The van der Waals surface area contributed by atoms with Crippen molar-refractivity contribution >= 4 is 11.7 Å². The van der Waals surface area contributed by atoms with E-state index in [1.165, 1.54) is 25.7 Å². The lowest BCUT2D eigenvalue weighted by Gasteiger charge is -2.23. The van der Waals surface area contributed by atoms with Crippen LogP contribution < -0.4 is 10.6 Å². The predicted octanol–water partition coefficient (Wildman–Crippen LogP) is 2.99. The van der Waals surface area contributed by atoms with Gasteiger partial charge in [0.15, 0.2) is 0 Å². The van der Waals surface area contributed by atoms with Crippen LogP contribution in [0.5, 0.6) is 0 Å². The zero-order valence-electron chi connectivity index (χ0n) is 13.0. The summed E-state index contributed by atoms with van der Waals surface area (Å²) in [6.45, 7) is 2.13. The Morgan fingerprint density at radius 2 is 2.19 bits per heavy atom. The summed E-state index contributed by atoms with van der Waals surface area (Å²) in [5.41, 5.74) is 1.73. The maximum absolute atomic E-state index is 12.5. The Bertz CT molecular complexity index is 529. The molecule has 2 aliphatic carbocycles. The van der Waals surface area contributed by atoms with E-state index in [4.69, 9.17) is 0 Å². The van der Waals surface area contributed by atoms with E-state index in [-0.39, 0.29) is 5.91 Å². The summed E-state index contributed by atoms with van der Waals surface area (Å²) in [5.74, 6) is 2.39. The van der Waals surface area contributed by atoms with Gasteiger partial charge in [0.05, 0.1) is 0 Å². The first-order valence-corrected chi connectivity index (χ1v) is 8.19. The van der Waals surface area contributed by atoms with Gasteiger partial charge < -0.3 is 10.6 Å².